The van der Waals surface area contributed by atoms with Crippen LogP contribution in [0.5, 0.6) is 0 Å². The standard InChI is InChI=1S/C13H18F2O2S/c1-3-16-13(17-4-2)7-8-18-12-6-5-10(14)9-11(12)15/h5-6,9,13H,3-4,7-8H2,1-2H3. The molecule has 0 atom stereocenters. The Balaban J connectivity index is 2.39. The van der Waals surface area contributed by atoms with E-state index in [9.17, 15) is 8.78 Å². The van der Waals surface area contributed by atoms with Gasteiger partial charge in [0.1, 0.15) is 11.6 Å². The van der Waals surface area contributed by atoms with Crippen LogP contribution in [0.4, 0.5) is 8.78 Å². The summed E-state index contributed by atoms with van der Waals surface area (Å²) in [7, 11) is 0. The number of thioether (sulfide) groups is 1. The summed E-state index contributed by atoms with van der Waals surface area (Å²) in [4.78, 5) is 0.447. The molecule has 0 aromatic heterocycles. The minimum atomic E-state index is -0.557. The van der Waals surface area contributed by atoms with Crippen LogP contribution in [-0.2, 0) is 9.47 Å². The van der Waals surface area contributed by atoms with Crippen LogP contribution in [-0.4, -0.2) is 25.3 Å². The molecule has 1 aromatic carbocycles. The van der Waals surface area contributed by atoms with Crippen molar-refractivity contribution in [2.24, 2.45) is 0 Å². The van der Waals surface area contributed by atoms with Crippen LogP contribution in [0.1, 0.15) is 20.3 Å². The van der Waals surface area contributed by atoms with Gasteiger partial charge in [-0.05, 0) is 26.0 Å². The zero-order chi connectivity index (χ0) is 13.4. The molecule has 0 radical (unpaired) electrons. The maximum Gasteiger partial charge on any atom is 0.158 e. The molecule has 0 aliphatic heterocycles. The summed E-state index contributed by atoms with van der Waals surface area (Å²) in [5.74, 6) is -0.421. The summed E-state index contributed by atoms with van der Waals surface area (Å²) in [6, 6.07) is 3.60. The minimum absolute atomic E-state index is 0.254. The predicted octanol–water partition coefficient (Wildman–Crippen LogP) is 3.85. The van der Waals surface area contributed by atoms with E-state index in [4.69, 9.17) is 9.47 Å². The van der Waals surface area contributed by atoms with Gasteiger partial charge in [-0.1, -0.05) is 0 Å². The van der Waals surface area contributed by atoms with Crippen LogP contribution in [0.3, 0.4) is 0 Å². The lowest BCUT2D eigenvalue weighted by atomic mass is 10.3. The van der Waals surface area contributed by atoms with Gasteiger partial charge < -0.3 is 9.47 Å². The third kappa shape index (κ3) is 5.33. The summed E-state index contributed by atoms with van der Waals surface area (Å²) in [6.07, 6.45) is 0.416. The fraction of sp³-hybridized carbons (Fsp3) is 0.538. The van der Waals surface area contributed by atoms with Crippen LogP contribution in [0.25, 0.3) is 0 Å². The first kappa shape index (κ1) is 15.4. The van der Waals surface area contributed by atoms with Gasteiger partial charge in [-0.2, -0.15) is 0 Å². The Morgan fingerprint density at radius 3 is 2.39 bits per heavy atom. The second-order valence-electron chi connectivity index (χ2n) is 3.55. The molecule has 102 valence electrons. The first-order valence-corrected chi connectivity index (χ1v) is 6.97. The highest BCUT2D eigenvalue weighted by molar-refractivity contribution is 7.99. The molecule has 2 nitrogen and oxygen atoms in total. The van der Waals surface area contributed by atoms with E-state index in [1.807, 2.05) is 13.8 Å². The Bertz CT molecular complexity index is 355. The molecule has 18 heavy (non-hydrogen) atoms. The highest BCUT2D eigenvalue weighted by Gasteiger charge is 2.09. The van der Waals surface area contributed by atoms with Crippen LogP contribution in [0.2, 0.25) is 0 Å². The molecular weight excluding hydrogens is 258 g/mol. The number of ether oxygens (including phenoxy) is 2. The molecule has 5 heteroatoms. The Morgan fingerprint density at radius 1 is 1.17 bits per heavy atom. The molecule has 0 spiro atoms. The molecule has 0 fully saturated rings. The molecule has 0 heterocycles. The van der Waals surface area contributed by atoms with Crippen LogP contribution < -0.4 is 0 Å². The molecular formula is C13H18F2O2S. The van der Waals surface area contributed by atoms with Gasteiger partial charge in [-0.15, -0.1) is 11.8 Å². The fourth-order valence-electron chi connectivity index (χ4n) is 1.44. The van der Waals surface area contributed by atoms with Crippen molar-refractivity contribution in [1.29, 1.82) is 0 Å². The monoisotopic (exact) mass is 276 g/mol. The number of rotatable bonds is 8. The Labute approximate surface area is 111 Å². The predicted molar refractivity (Wildman–Crippen MR) is 68.7 cm³/mol. The highest BCUT2D eigenvalue weighted by Crippen LogP contribution is 2.23. The van der Waals surface area contributed by atoms with Crippen molar-refractivity contribution in [3.8, 4) is 0 Å². The number of halogens is 2. The van der Waals surface area contributed by atoms with Gasteiger partial charge >= 0.3 is 0 Å². The van der Waals surface area contributed by atoms with Gasteiger partial charge in [0.15, 0.2) is 6.29 Å². The van der Waals surface area contributed by atoms with Gasteiger partial charge in [0.2, 0.25) is 0 Å². The summed E-state index contributed by atoms with van der Waals surface area (Å²) >= 11 is 1.33. The Kier molecular flexibility index (Phi) is 7.23. The summed E-state index contributed by atoms with van der Waals surface area (Å²) in [5, 5.41) is 0. The lowest BCUT2D eigenvalue weighted by molar-refractivity contribution is -0.136. The van der Waals surface area contributed by atoms with Gasteiger partial charge in [-0.25, -0.2) is 8.78 Å². The second-order valence-corrected chi connectivity index (χ2v) is 4.69. The van der Waals surface area contributed by atoms with Gasteiger partial charge in [-0.3, -0.25) is 0 Å². The van der Waals surface area contributed by atoms with Crippen molar-refractivity contribution in [3.63, 3.8) is 0 Å². The molecule has 0 aliphatic rings. The van der Waals surface area contributed by atoms with E-state index in [-0.39, 0.29) is 6.29 Å². The molecule has 0 unspecified atom stereocenters. The smallest absolute Gasteiger partial charge is 0.158 e. The Hall–Kier alpha value is -0.650. The van der Waals surface area contributed by atoms with E-state index < -0.39 is 11.6 Å². The summed E-state index contributed by atoms with van der Waals surface area (Å²) in [5.41, 5.74) is 0. The molecule has 0 amide bonds. The average molecular weight is 276 g/mol. The minimum Gasteiger partial charge on any atom is -0.353 e. The van der Waals surface area contributed by atoms with Crippen LogP contribution in [0, 0.1) is 11.6 Å². The molecule has 0 saturated heterocycles. The maximum absolute atomic E-state index is 13.3. The molecule has 0 saturated carbocycles. The van der Waals surface area contributed by atoms with Crippen molar-refractivity contribution in [1.82, 2.24) is 0 Å². The van der Waals surface area contributed by atoms with Crippen LogP contribution >= 0.6 is 11.8 Å². The van der Waals surface area contributed by atoms with Crippen molar-refractivity contribution >= 4 is 11.8 Å². The fourth-order valence-corrected chi connectivity index (χ4v) is 2.34. The normalized spacial score (nSPS) is 11.2. The molecule has 0 aliphatic carbocycles. The maximum atomic E-state index is 13.3. The van der Waals surface area contributed by atoms with E-state index in [2.05, 4.69) is 0 Å². The average Bonchev–Trinajstić information content (AvgIpc) is 2.32. The van der Waals surface area contributed by atoms with Crippen molar-refractivity contribution in [2.75, 3.05) is 19.0 Å². The summed E-state index contributed by atoms with van der Waals surface area (Å²) in [6.45, 7) is 4.97. The van der Waals surface area contributed by atoms with E-state index in [0.717, 1.165) is 6.07 Å². The van der Waals surface area contributed by atoms with Gasteiger partial charge in [0.25, 0.3) is 0 Å². The van der Waals surface area contributed by atoms with E-state index in [1.54, 1.807) is 0 Å². The SMILES string of the molecule is CCOC(CCSc1ccc(F)cc1F)OCC. The summed E-state index contributed by atoms with van der Waals surface area (Å²) < 4.78 is 36.8. The van der Waals surface area contributed by atoms with E-state index in [0.29, 0.717) is 30.3 Å². The first-order chi connectivity index (χ1) is 8.67. The Morgan fingerprint density at radius 2 is 1.83 bits per heavy atom. The van der Waals surface area contributed by atoms with E-state index >= 15 is 0 Å². The molecule has 1 aromatic rings. The third-order valence-corrected chi connectivity index (χ3v) is 3.29. The third-order valence-electron chi connectivity index (χ3n) is 2.21. The number of hydrogen-bond donors (Lipinski definition) is 0. The quantitative estimate of drug-likeness (QED) is 0.531. The lowest BCUT2D eigenvalue weighted by Crippen LogP contribution is -2.18. The number of hydrogen-bond acceptors (Lipinski definition) is 3. The van der Waals surface area contributed by atoms with Crippen molar-refractivity contribution in [2.45, 2.75) is 31.5 Å². The van der Waals surface area contributed by atoms with Crippen molar-refractivity contribution < 1.29 is 18.3 Å². The first-order valence-electron chi connectivity index (χ1n) is 5.98. The lowest BCUT2D eigenvalue weighted by Gasteiger charge is -2.16. The highest BCUT2D eigenvalue weighted by atomic mass is 32.2. The second kappa shape index (κ2) is 8.45. The molecule has 1 rings (SSSR count). The molecule has 0 N–H and O–H groups in total. The largest absolute Gasteiger partial charge is 0.353 e. The number of benzene rings is 1. The topological polar surface area (TPSA) is 18.5 Å². The van der Waals surface area contributed by atoms with Gasteiger partial charge in [0, 0.05) is 36.3 Å². The van der Waals surface area contributed by atoms with Crippen LogP contribution in [0.15, 0.2) is 23.1 Å². The van der Waals surface area contributed by atoms with E-state index in [1.165, 1.54) is 23.9 Å². The van der Waals surface area contributed by atoms with Gasteiger partial charge in [0.05, 0.1) is 0 Å². The molecule has 0 bridgehead atoms. The zero-order valence-corrected chi connectivity index (χ0v) is 11.4. The van der Waals surface area contributed by atoms with Crippen molar-refractivity contribution in [3.05, 3.63) is 29.8 Å². The zero-order valence-electron chi connectivity index (χ0n) is 10.6.